The summed E-state index contributed by atoms with van der Waals surface area (Å²) in [7, 11) is -2.21. The molecule has 3 aliphatic rings. The fourth-order valence-electron chi connectivity index (χ4n) is 8.32. The number of benzene rings is 2. The van der Waals surface area contributed by atoms with Crippen molar-refractivity contribution in [3.8, 4) is 23.0 Å². The molecule has 63 heavy (non-hydrogen) atoms. The van der Waals surface area contributed by atoms with Crippen LogP contribution in [0.4, 0.5) is 41.7 Å². The first-order chi connectivity index (χ1) is 29.8. The second-order valence-electron chi connectivity index (χ2n) is 15.4. The number of nitrogens with zero attached hydrogens (tertiary/aromatic N) is 7. The molecule has 0 unspecified atom stereocenters. The number of morpholine rings is 1. The fourth-order valence-corrected chi connectivity index (χ4v) is 9.70. The van der Waals surface area contributed by atoms with Crippen LogP contribution in [0, 0.1) is 29.4 Å². The van der Waals surface area contributed by atoms with Crippen LogP contribution in [0.1, 0.15) is 40.2 Å². The Balaban J connectivity index is 1.16. The molecule has 5 heterocycles. The molecule has 0 radical (unpaired) electrons. The van der Waals surface area contributed by atoms with Crippen molar-refractivity contribution in [3.05, 3.63) is 82.3 Å². The van der Waals surface area contributed by atoms with E-state index in [1.54, 1.807) is 31.3 Å². The van der Waals surface area contributed by atoms with Gasteiger partial charge in [0.2, 0.25) is 15.9 Å². The van der Waals surface area contributed by atoms with Gasteiger partial charge in [-0.05, 0) is 36.2 Å². The van der Waals surface area contributed by atoms with Gasteiger partial charge in [0, 0.05) is 61.4 Å². The van der Waals surface area contributed by atoms with Crippen LogP contribution in [0.5, 0.6) is 0 Å². The molecule has 14 nitrogen and oxygen atoms in total. The quantitative estimate of drug-likeness (QED) is 0.0958. The predicted molar refractivity (Wildman–Crippen MR) is 217 cm³/mol. The van der Waals surface area contributed by atoms with Crippen LogP contribution in [0.3, 0.4) is 0 Å². The molecule has 6 aromatic rings. The molecular formula is C40H35F7N10O4S2. The number of fused-ring (bicyclic) bond motifs is 5. The minimum atomic E-state index is -5.14. The number of carbonyl (C=O) groups excluding carboxylic acids is 1. The van der Waals surface area contributed by atoms with Crippen molar-refractivity contribution in [2.24, 2.45) is 13.0 Å². The molecule has 1 fully saturated rings. The Morgan fingerprint density at radius 2 is 1.79 bits per heavy atom. The number of ether oxygens (including phenoxy) is 1. The average Bonchev–Trinajstić information content (AvgIpc) is 3.88. The number of alkyl halides is 5. The van der Waals surface area contributed by atoms with E-state index in [9.17, 15) is 35.2 Å². The number of amides is 1. The molecule has 2 aliphatic carbocycles. The van der Waals surface area contributed by atoms with Crippen LogP contribution in [0.2, 0.25) is 0 Å². The zero-order valence-electron chi connectivity index (χ0n) is 33.2. The maximum atomic E-state index is 15.6. The number of rotatable bonds is 13. The Kier molecular flexibility index (Phi) is 10.6. The molecule has 2 aromatic carbocycles. The largest absolute Gasteiger partial charge is 0.435 e. The number of sulfonamides is 1. The van der Waals surface area contributed by atoms with E-state index in [4.69, 9.17) is 14.7 Å². The summed E-state index contributed by atoms with van der Waals surface area (Å²) in [6, 6.07) is 8.03. The van der Waals surface area contributed by atoms with E-state index in [2.05, 4.69) is 42.3 Å². The summed E-state index contributed by atoms with van der Waals surface area (Å²) < 4.78 is 138. The molecule has 23 heteroatoms. The molecule has 0 spiro atoms. The van der Waals surface area contributed by atoms with Crippen LogP contribution in [-0.2, 0) is 51.7 Å². The number of thiazole rings is 1. The van der Waals surface area contributed by atoms with E-state index in [0.717, 1.165) is 31.5 Å². The topological polar surface area (TPSA) is 161 Å². The van der Waals surface area contributed by atoms with Crippen molar-refractivity contribution in [2.45, 2.75) is 37.0 Å². The normalized spacial score (nSPS) is 18.7. The standard InChI is InChI=1S/C40H35F7N10O4S2/c1-55-33-23(4-3-5-25(33)36(53-55)54-63(2,59)60)26-18-29-37(51-38(62-29)48-8-9-56-10-12-61-13-11-56)50-32(26)28(16-20-14-21(41)17-22(42)15-20)49-30(58)19-57-35-31(34(52-57)40(45,46)47)24-6-7-27(24)39(35,43)44/h3-5,14-15,17-18,24,27-28H,8-13,16,19H2,1-2H3,(H,49,58)(H,53,54)(H,48,50,51)/t24-,27+,28-/m0/s1. The first-order valence-electron chi connectivity index (χ1n) is 19.4. The Morgan fingerprint density at radius 3 is 2.48 bits per heavy atom. The van der Waals surface area contributed by atoms with Gasteiger partial charge in [-0.25, -0.2) is 27.2 Å². The lowest BCUT2D eigenvalue weighted by molar-refractivity contribution is -0.142. The second-order valence-corrected chi connectivity index (χ2v) is 18.2. The van der Waals surface area contributed by atoms with Crippen LogP contribution >= 0.6 is 11.3 Å². The Bertz CT molecular complexity index is 2970. The zero-order chi connectivity index (χ0) is 44.6. The van der Waals surface area contributed by atoms with E-state index in [1.807, 2.05) is 0 Å². The summed E-state index contributed by atoms with van der Waals surface area (Å²) in [4.78, 5) is 25.9. The number of anilines is 2. The van der Waals surface area contributed by atoms with Crippen molar-refractivity contribution in [1.82, 2.24) is 39.7 Å². The summed E-state index contributed by atoms with van der Waals surface area (Å²) in [5, 5.41) is 14.7. The maximum Gasteiger partial charge on any atom is 0.435 e. The van der Waals surface area contributed by atoms with Gasteiger partial charge in [-0.15, -0.1) is 0 Å². The molecule has 0 saturated carbocycles. The van der Waals surface area contributed by atoms with Gasteiger partial charge in [-0.1, -0.05) is 35.3 Å². The van der Waals surface area contributed by atoms with Crippen LogP contribution in [0.15, 0.2) is 42.5 Å². The molecular weight excluding hydrogens is 882 g/mol. The highest BCUT2D eigenvalue weighted by atomic mass is 32.2. The summed E-state index contributed by atoms with van der Waals surface area (Å²) in [6.45, 7) is 2.88. The molecule has 1 saturated heterocycles. The zero-order valence-corrected chi connectivity index (χ0v) is 34.8. The first-order valence-corrected chi connectivity index (χ1v) is 22.2. The third kappa shape index (κ3) is 8.15. The lowest BCUT2D eigenvalue weighted by atomic mass is 9.84. The molecule has 1 aliphatic heterocycles. The Morgan fingerprint density at radius 1 is 1.05 bits per heavy atom. The fraction of sp³-hybridized carbons (Fsp3) is 0.375. The monoisotopic (exact) mass is 916 g/mol. The van der Waals surface area contributed by atoms with E-state index in [-0.39, 0.29) is 29.1 Å². The smallest absolute Gasteiger partial charge is 0.379 e. The number of aromatic nitrogens is 6. The lowest BCUT2D eigenvalue weighted by Gasteiger charge is -2.26. The van der Waals surface area contributed by atoms with Crippen LogP contribution in [-0.4, -0.2) is 94.4 Å². The number of para-hydroxylation sites is 1. The Labute approximate surface area is 357 Å². The highest BCUT2D eigenvalue weighted by Crippen LogP contribution is 2.58. The van der Waals surface area contributed by atoms with Gasteiger partial charge in [-0.3, -0.25) is 23.8 Å². The first kappa shape index (κ1) is 42.5. The molecule has 1 amide bonds. The predicted octanol–water partition coefficient (Wildman–Crippen LogP) is 5.78. The number of nitrogens with one attached hydrogen (secondary N) is 3. The summed E-state index contributed by atoms with van der Waals surface area (Å²) in [5.41, 5.74) is -1.98. The van der Waals surface area contributed by atoms with Gasteiger partial charge in [-0.2, -0.15) is 32.1 Å². The summed E-state index contributed by atoms with van der Waals surface area (Å²) in [5.74, 6) is -5.33. The SMILES string of the molecule is Cn1nc(NS(C)(=O)=O)c2cccc(-c3cc4sc(NCCN5CCOCC5)nc4nc3[C@H](Cc3cc(F)cc(F)c3)NC(=O)Cn3nc(C(F)(F)F)c4c3C(F)(F)[C@@H]3C#C[C@H]43)c21. The van der Waals surface area contributed by atoms with Crippen LogP contribution in [0.25, 0.3) is 32.4 Å². The molecule has 4 aromatic heterocycles. The maximum absolute atomic E-state index is 15.6. The highest BCUT2D eigenvalue weighted by molar-refractivity contribution is 7.92. The van der Waals surface area contributed by atoms with Crippen molar-refractivity contribution >= 4 is 59.5 Å². The number of hydrogen-bond donors (Lipinski definition) is 3. The van der Waals surface area contributed by atoms with Gasteiger partial charge in [0.05, 0.1) is 47.3 Å². The number of carbonyl (C=O) groups is 1. The number of aryl methyl sites for hydroxylation is 1. The van der Waals surface area contributed by atoms with Crippen molar-refractivity contribution < 1.29 is 48.7 Å². The van der Waals surface area contributed by atoms with Gasteiger partial charge in [0.15, 0.2) is 22.3 Å². The lowest BCUT2D eigenvalue weighted by Crippen LogP contribution is -2.38. The molecule has 3 N–H and O–H groups in total. The molecule has 9 rings (SSSR count). The molecule has 0 bridgehead atoms. The van der Waals surface area contributed by atoms with E-state index >= 15 is 8.78 Å². The van der Waals surface area contributed by atoms with Crippen molar-refractivity contribution in [1.29, 1.82) is 0 Å². The summed E-state index contributed by atoms with van der Waals surface area (Å²) >= 11 is 1.27. The second kappa shape index (κ2) is 15.8. The third-order valence-corrected chi connectivity index (χ3v) is 12.5. The minimum Gasteiger partial charge on any atom is -0.379 e. The van der Waals surface area contributed by atoms with Crippen molar-refractivity contribution in [2.75, 3.05) is 55.7 Å². The third-order valence-electron chi connectivity index (χ3n) is 11.0. The van der Waals surface area contributed by atoms with Crippen LogP contribution < -0.4 is 15.4 Å². The Hall–Kier alpha value is -5.83. The van der Waals surface area contributed by atoms with E-state index in [1.165, 1.54) is 16.0 Å². The summed E-state index contributed by atoms with van der Waals surface area (Å²) in [6.07, 6.45) is -4.53. The average molecular weight is 917 g/mol. The molecule has 3 atom stereocenters. The number of halogens is 7. The van der Waals surface area contributed by atoms with Gasteiger partial charge in [0.1, 0.15) is 29.8 Å². The minimum absolute atomic E-state index is 0.0117. The number of pyridine rings is 1. The molecule has 330 valence electrons. The van der Waals surface area contributed by atoms with Gasteiger partial charge < -0.3 is 15.4 Å². The van der Waals surface area contributed by atoms with E-state index < -0.39 is 81.0 Å². The van der Waals surface area contributed by atoms with E-state index in [0.29, 0.717) is 68.9 Å². The van der Waals surface area contributed by atoms with Gasteiger partial charge in [0.25, 0.3) is 0 Å². The highest BCUT2D eigenvalue weighted by Gasteiger charge is 2.62. The van der Waals surface area contributed by atoms with Gasteiger partial charge >= 0.3 is 12.1 Å². The number of hydrogen-bond acceptors (Lipinski definition) is 11. The van der Waals surface area contributed by atoms with Crippen molar-refractivity contribution in [3.63, 3.8) is 0 Å².